The van der Waals surface area contributed by atoms with Crippen LogP contribution in [0.1, 0.15) is 32.6 Å². The molecule has 7 heavy (non-hydrogen) atoms. The molecule has 0 N–H and O–H groups in total. The van der Waals surface area contributed by atoms with Crippen molar-refractivity contribution in [1.82, 2.24) is 0 Å². The lowest BCUT2D eigenvalue weighted by molar-refractivity contribution is 0.701. The van der Waals surface area contributed by atoms with Gasteiger partial charge in [0.05, 0.1) is 0 Å². The molecule has 0 fully saturated rings. The molecule has 0 aromatic heterocycles. The van der Waals surface area contributed by atoms with E-state index in [0.29, 0.717) is 0 Å². The standard InChI is InChI=1S/C6H14B/c1-2-3-4-5-6-7/h7H,2-6H2,1H3/q-1. The molecular weight excluding hydrogens is 82.9 g/mol. The summed E-state index contributed by atoms with van der Waals surface area (Å²) >= 11 is 0. The Hall–Kier alpha value is 0.0649. The van der Waals surface area contributed by atoms with Gasteiger partial charge in [-0.05, 0) is 0 Å². The van der Waals surface area contributed by atoms with E-state index in [0.717, 1.165) is 6.32 Å². The molecule has 0 nitrogen and oxygen atoms in total. The Balaban J connectivity index is 2.45. The molecule has 0 aliphatic rings. The molecule has 0 saturated heterocycles. The van der Waals surface area contributed by atoms with Crippen molar-refractivity contribution in [3.63, 3.8) is 0 Å². The first-order chi connectivity index (χ1) is 3.41. The maximum absolute atomic E-state index is 3.76. The van der Waals surface area contributed by atoms with Crippen molar-refractivity contribution in [2.24, 2.45) is 0 Å². The third kappa shape index (κ3) is 6.06. The molecule has 42 valence electrons. The molecule has 0 saturated carbocycles. The highest BCUT2D eigenvalue weighted by atomic mass is 13.8. The number of rotatable bonds is 4. The van der Waals surface area contributed by atoms with Crippen LogP contribution in [-0.4, -0.2) is 7.85 Å². The van der Waals surface area contributed by atoms with Crippen molar-refractivity contribution < 1.29 is 0 Å². The van der Waals surface area contributed by atoms with Crippen LogP contribution in [0.15, 0.2) is 0 Å². The van der Waals surface area contributed by atoms with E-state index in [1.807, 2.05) is 0 Å². The minimum atomic E-state index is 1.11. The number of unbranched alkanes of at least 4 members (excludes halogenated alkanes) is 3. The lowest BCUT2D eigenvalue weighted by Gasteiger charge is -1.96. The zero-order valence-electron chi connectivity index (χ0n) is 5.24. The van der Waals surface area contributed by atoms with Crippen molar-refractivity contribution in [1.29, 1.82) is 0 Å². The first-order valence-corrected chi connectivity index (χ1v) is 3.21. The summed E-state index contributed by atoms with van der Waals surface area (Å²) in [4.78, 5) is 0. The molecule has 0 unspecified atom stereocenters. The second-order valence-corrected chi connectivity index (χ2v) is 1.91. The van der Waals surface area contributed by atoms with E-state index in [2.05, 4.69) is 14.8 Å². The highest BCUT2D eigenvalue weighted by molar-refractivity contribution is 6.08. The van der Waals surface area contributed by atoms with Gasteiger partial charge >= 0.3 is 0 Å². The minimum Gasteiger partial charge on any atom is -0.359 e. The molecule has 0 bridgehead atoms. The van der Waals surface area contributed by atoms with Gasteiger partial charge in [0.1, 0.15) is 0 Å². The lowest BCUT2D eigenvalue weighted by Crippen LogP contribution is -1.72. The van der Waals surface area contributed by atoms with Crippen LogP contribution in [0.25, 0.3) is 0 Å². The van der Waals surface area contributed by atoms with Crippen LogP contribution in [-0.2, 0) is 0 Å². The van der Waals surface area contributed by atoms with Gasteiger partial charge in [0.25, 0.3) is 0 Å². The maximum Gasteiger partial charge on any atom is -0.0537 e. The predicted octanol–water partition coefficient (Wildman–Crippen LogP) is 1.89. The highest BCUT2D eigenvalue weighted by Crippen LogP contribution is 1.99. The summed E-state index contributed by atoms with van der Waals surface area (Å²) in [5, 5.41) is 0. The second-order valence-electron chi connectivity index (χ2n) is 1.91. The molecule has 0 heterocycles. The zero-order valence-corrected chi connectivity index (χ0v) is 5.24. The lowest BCUT2D eigenvalue weighted by atomic mass is 9.99. The fourth-order valence-corrected chi connectivity index (χ4v) is 0.604. The molecule has 0 spiro atoms. The molecule has 2 radical (unpaired) electrons. The van der Waals surface area contributed by atoms with E-state index >= 15 is 0 Å². The fraction of sp³-hybridized carbons (Fsp3) is 1.00. The summed E-state index contributed by atoms with van der Waals surface area (Å²) in [6, 6.07) is 0. The quantitative estimate of drug-likeness (QED) is 0.371. The van der Waals surface area contributed by atoms with Crippen molar-refractivity contribution in [2.75, 3.05) is 0 Å². The summed E-state index contributed by atoms with van der Waals surface area (Å²) in [5.74, 6) is 0. The molecule has 0 rings (SSSR count). The molecule has 1 heteroatoms. The Morgan fingerprint density at radius 3 is 2.29 bits per heavy atom. The third-order valence-corrected chi connectivity index (χ3v) is 1.10. The van der Waals surface area contributed by atoms with Gasteiger partial charge in [-0.3, -0.25) is 0 Å². The van der Waals surface area contributed by atoms with Gasteiger partial charge in [-0.15, -0.1) is 0 Å². The predicted molar refractivity (Wildman–Crippen MR) is 36.1 cm³/mol. The van der Waals surface area contributed by atoms with Crippen LogP contribution in [0.5, 0.6) is 0 Å². The van der Waals surface area contributed by atoms with Crippen LogP contribution in [0, 0.1) is 0 Å². The Morgan fingerprint density at radius 2 is 1.86 bits per heavy atom. The van der Waals surface area contributed by atoms with E-state index < -0.39 is 0 Å². The van der Waals surface area contributed by atoms with E-state index in [1.54, 1.807) is 0 Å². The van der Waals surface area contributed by atoms with Gasteiger partial charge in [-0.25, -0.2) is 6.32 Å². The van der Waals surface area contributed by atoms with E-state index in [4.69, 9.17) is 0 Å². The molecule has 0 aromatic carbocycles. The molecule has 0 aliphatic carbocycles. The van der Waals surface area contributed by atoms with Crippen LogP contribution in [0.2, 0.25) is 6.32 Å². The SMILES string of the molecule is [BH-]CCCCCC. The Labute approximate surface area is 47.7 Å². The van der Waals surface area contributed by atoms with Crippen molar-refractivity contribution in [3.8, 4) is 0 Å². The van der Waals surface area contributed by atoms with E-state index in [1.165, 1.54) is 25.7 Å². The zero-order chi connectivity index (χ0) is 5.54. The van der Waals surface area contributed by atoms with Gasteiger partial charge < -0.3 is 7.85 Å². The highest BCUT2D eigenvalue weighted by Gasteiger charge is 1.76. The first kappa shape index (κ1) is 7.06. The average Bonchev–Trinajstić information content (AvgIpc) is 1.69. The Bertz CT molecular complexity index is 23.4. The molecule has 0 amide bonds. The normalized spacial score (nSPS) is 9.43. The summed E-state index contributed by atoms with van der Waals surface area (Å²) in [6.07, 6.45) is 6.52. The van der Waals surface area contributed by atoms with Gasteiger partial charge in [0, 0.05) is 0 Å². The summed E-state index contributed by atoms with van der Waals surface area (Å²) in [7, 11) is 3.76. The van der Waals surface area contributed by atoms with Crippen molar-refractivity contribution in [3.05, 3.63) is 0 Å². The number of hydrogen-bond donors (Lipinski definition) is 0. The van der Waals surface area contributed by atoms with Gasteiger partial charge in [-0.2, -0.15) is 0 Å². The fourth-order valence-electron chi connectivity index (χ4n) is 0.604. The molecular formula is C6H14B-. The summed E-state index contributed by atoms with van der Waals surface area (Å²) in [5.41, 5.74) is 0. The van der Waals surface area contributed by atoms with Crippen LogP contribution in [0.4, 0.5) is 0 Å². The average molecular weight is 97.0 g/mol. The largest absolute Gasteiger partial charge is 0.359 e. The minimum absolute atomic E-state index is 1.11. The topological polar surface area (TPSA) is 0 Å². The molecule has 0 atom stereocenters. The van der Waals surface area contributed by atoms with Gasteiger partial charge in [0.2, 0.25) is 0 Å². The smallest absolute Gasteiger partial charge is 0.0537 e. The molecule has 0 aliphatic heterocycles. The maximum atomic E-state index is 3.76. The van der Waals surface area contributed by atoms with E-state index in [9.17, 15) is 0 Å². The van der Waals surface area contributed by atoms with Crippen LogP contribution >= 0.6 is 0 Å². The monoisotopic (exact) mass is 97.1 g/mol. The van der Waals surface area contributed by atoms with Gasteiger partial charge in [-0.1, -0.05) is 32.6 Å². The second kappa shape index (κ2) is 6.06. The Morgan fingerprint density at radius 1 is 1.14 bits per heavy atom. The summed E-state index contributed by atoms with van der Waals surface area (Å²) in [6.45, 7) is 2.23. The van der Waals surface area contributed by atoms with Crippen LogP contribution < -0.4 is 0 Å². The third-order valence-electron chi connectivity index (χ3n) is 1.10. The Kier molecular flexibility index (Phi) is 6.12. The van der Waals surface area contributed by atoms with Crippen LogP contribution in [0.3, 0.4) is 0 Å². The number of hydrogen-bond acceptors (Lipinski definition) is 0. The molecule has 0 aromatic rings. The van der Waals surface area contributed by atoms with E-state index in [-0.39, 0.29) is 0 Å². The van der Waals surface area contributed by atoms with Crippen molar-refractivity contribution >= 4 is 7.85 Å². The van der Waals surface area contributed by atoms with Crippen molar-refractivity contribution in [2.45, 2.75) is 38.9 Å². The van der Waals surface area contributed by atoms with Gasteiger partial charge in [0.15, 0.2) is 0 Å². The first-order valence-electron chi connectivity index (χ1n) is 3.21. The summed E-state index contributed by atoms with van der Waals surface area (Å²) < 4.78 is 0.